The molecule has 0 aliphatic carbocycles. The third-order valence-electron chi connectivity index (χ3n) is 2.04. The summed E-state index contributed by atoms with van der Waals surface area (Å²) in [7, 11) is 0. The maximum Gasteiger partial charge on any atom is 0.356 e. The molecule has 0 spiro atoms. The normalized spacial score (nSPS) is 26.9. The molecule has 13 heavy (non-hydrogen) atoms. The molecule has 2 heterocycles. The molecule has 1 saturated heterocycles. The lowest BCUT2D eigenvalue weighted by Gasteiger charge is -2.42. The molecule has 2 aliphatic rings. The first-order valence-corrected chi connectivity index (χ1v) is 4.75. The smallest absolute Gasteiger partial charge is 0.356 e. The first kappa shape index (κ1) is 8.43. The highest BCUT2D eigenvalue weighted by molar-refractivity contribution is 8.00. The van der Waals surface area contributed by atoms with E-state index in [0.29, 0.717) is 6.42 Å². The van der Waals surface area contributed by atoms with Crippen LogP contribution in [0.2, 0.25) is 0 Å². The second-order valence-electron chi connectivity index (χ2n) is 2.83. The fourth-order valence-corrected chi connectivity index (χ4v) is 2.52. The molecule has 2 N–H and O–H groups in total. The molecule has 70 valence electrons. The van der Waals surface area contributed by atoms with E-state index in [9.17, 15) is 14.7 Å². The fraction of sp³-hybridized carbons (Fsp3) is 0.429. The van der Waals surface area contributed by atoms with Crippen LogP contribution in [-0.4, -0.2) is 38.1 Å². The fourth-order valence-electron chi connectivity index (χ4n) is 1.40. The van der Waals surface area contributed by atoms with Gasteiger partial charge in [-0.15, -0.1) is 11.8 Å². The number of carboxylic acids is 1. The first-order valence-electron chi connectivity index (χ1n) is 3.70. The molecule has 2 aliphatic heterocycles. The highest BCUT2D eigenvalue weighted by Gasteiger charge is 2.45. The van der Waals surface area contributed by atoms with Crippen molar-refractivity contribution in [3.8, 4) is 0 Å². The van der Waals surface area contributed by atoms with Crippen LogP contribution in [0.5, 0.6) is 0 Å². The zero-order valence-corrected chi connectivity index (χ0v) is 7.37. The second-order valence-corrected chi connectivity index (χ2v) is 4.00. The molecule has 0 radical (unpaired) electrons. The summed E-state index contributed by atoms with van der Waals surface area (Å²) in [6, 6.07) is 0. The number of β-lactam (4-membered cyclic amide) rings is 1. The van der Waals surface area contributed by atoms with Crippen LogP contribution >= 0.6 is 11.8 Å². The molecule has 2 rings (SSSR count). The van der Waals surface area contributed by atoms with Crippen LogP contribution < -0.4 is 0 Å². The number of thioether (sulfide) groups is 1. The molecule has 1 atom stereocenters. The average Bonchev–Trinajstić information content (AvgIpc) is 2.05. The topological polar surface area (TPSA) is 77.8 Å². The summed E-state index contributed by atoms with van der Waals surface area (Å²) in [5.74, 6) is -1.42. The first-order chi connectivity index (χ1) is 6.11. The molecule has 0 bridgehead atoms. The van der Waals surface area contributed by atoms with E-state index >= 15 is 0 Å². The van der Waals surface area contributed by atoms with Gasteiger partial charge in [0.05, 0.1) is 17.5 Å². The van der Waals surface area contributed by atoms with E-state index in [1.54, 1.807) is 0 Å². The minimum atomic E-state index is -1.24. The summed E-state index contributed by atoms with van der Waals surface area (Å²) in [5.41, 5.74) is -0.250. The second kappa shape index (κ2) is 2.66. The van der Waals surface area contributed by atoms with Crippen LogP contribution in [0.3, 0.4) is 0 Å². The summed E-state index contributed by atoms with van der Waals surface area (Å²) < 4.78 is 0. The number of aliphatic carboxylic acids is 1. The Balaban J connectivity index is 2.37. The van der Waals surface area contributed by atoms with Crippen molar-refractivity contribution in [3.63, 3.8) is 0 Å². The highest BCUT2D eigenvalue weighted by Crippen LogP contribution is 2.38. The molecular formula is C7H7NO4S. The lowest BCUT2D eigenvalue weighted by atomic mass is 10.1. The summed E-state index contributed by atoms with van der Waals surface area (Å²) in [6.07, 6.45) is 0.370. The van der Waals surface area contributed by atoms with Gasteiger partial charge in [-0.05, 0) is 0 Å². The van der Waals surface area contributed by atoms with Crippen molar-refractivity contribution in [2.45, 2.75) is 11.8 Å². The molecule has 1 unspecified atom stereocenters. The lowest BCUT2D eigenvalue weighted by Crippen LogP contribution is -2.53. The monoisotopic (exact) mass is 201 g/mol. The number of aliphatic hydroxyl groups excluding tert-OH is 1. The van der Waals surface area contributed by atoms with E-state index in [-0.39, 0.29) is 28.5 Å². The van der Waals surface area contributed by atoms with Crippen molar-refractivity contribution in [1.29, 1.82) is 0 Å². The number of aliphatic hydroxyl groups is 1. The van der Waals surface area contributed by atoms with Crippen molar-refractivity contribution < 1.29 is 19.8 Å². The minimum Gasteiger partial charge on any atom is -0.509 e. The Morgan fingerprint density at radius 2 is 2.31 bits per heavy atom. The zero-order valence-electron chi connectivity index (χ0n) is 6.56. The predicted octanol–water partition coefficient (Wildman–Crippen LogP) is 0.146. The minimum absolute atomic E-state index is 0.0884. The number of carboxylic acid groups (broad SMARTS) is 1. The zero-order chi connectivity index (χ0) is 9.59. The molecule has 5 nitrogen and oxygen atoms in total. The number of amides is 1. The largest absolute Gasteiger partial charge is 0.509 e. The molecule has 0 aromatic carbocycles. The Hall–Kier alpha value is -1.17. The van der Waals surface area contributed by atoms with E-state index in [0.717, 1.165) is 4.90 Å². The Labute approximate surface area is 78.0 Å². The SMILES string of the molecule is O=C(O)C1=C(O)CSC2CC(=O)N12. The molecular weight excluding hydrogens is 194 g/mol. The van der Waals surface area contributed by atoms with Crippen molar-refractivity contribution in [2.75, 3.05) is 5.75 Å². The van der Waals surface area contributed by atoms with Gasteiger partial charge in [0.25, 0.3) is 0 Å². The number of rotatable bonds is 1. The summed E-state index contributed by atoms with van der Waals surface area (Å²) in [5, 5.41) is 17.9. The van der Waals surface area contributed by atoms with Crippen molar-refractivity contribution in [1.82, 2.24) is 4.90 Å². The van der Waals surface area contributed by atoms with Gasteiger partial charge in [-0.2, -0.15) is 0 Å². The van der Waals surface area contributed by atoms with E-state index in [1.807, 2.05) is 0 Å². The van der Waals surface area contributed by atoms with Crippen LogP contribution in [0, 0.1) is 0 Å². The molecule has 0 aromatic heterocycles. The predicted molar refractivity (Wildman–Crippen MR) is 45.0 cm³/mol. The molecule has 1 amide bonds. The van der Waals surface area contributed by atoms with Gasteiger partial charge in [-0.25, -0.2) is 4.79 Å². The van der Waals surface area contributed by atoms with Gasteiger partial charge in [-0.1, -0.05) is 0 Å². The van der Waals surface area contributed by atoms with Crippen LogP contribution in [0.25, 0.3) is 0 Å². The Morgan fingerprint density at radius 1 is 1.62 bits per heavy atom. The van der Waals surface area contributed by atoms with E-state index in [1.165, 1.54) is 11.8 Å². The Kier molecular flexibility index (Phi) is 1.73. The van der Waals surface area contributed by atoms with Crippen LogP contribution in [0.1, 0.15) is 6.42 Å². The lowest BCUT2D eigenvalue weighted by molar-refractivity contribution is -0.146. The number of hydrogen-bond donors (Lipinski definition) is 2. The third kappa shape index (κ3) is 1.09. The molecule has 6 heteroatoms. The van der Waals surface area contributed by atoms with E-state index in [2.05, 4.69) is 0 Å². The van der Waals surface area contributed by atoms with Crippen molar-refractivity contribution >= 4 is 23.6 Å². The molecule has 1 fully saturated rings. The molecule has 0 saturated carbocycles. The van der Waals surface area contributed by atoms with E-state index in [4.69, 9.17) is 5.11 Å². The maximum atomic E-state index is 11.0. The third-order valence-corrected chi connectivity index (χ3v) is 3.24. The van der Waals surface area contributed by atoms with Gasteiger partial charge < -0.3 is 10.2 Å². The van der Waals surface area contributed by atoms with Crippen LogP contribution in [0.15, 0.2) is 11.5 Å². The van der Waals surface area contributed by atoms with Gasteiger partial charge in [0.2, 0.25) is 5.91 Å². The molecule has 0 aromatic rings. The van der Waals surface area contributed by atoms with Gasteiger partial charge in [0, 0.05) is 0 Å². The van der Waals surface area contributed by atoms with Crippen molar-refractivity contribution in [2.24, 2.45) is 0 Å². The standard InChI is InChI=1S/C7H7NO4S/c9-3-2-13-5-1-4(10)8(5)6(3)7(11)12/h5,9H,1-2H2,(H,11,12). The van der Waals surface area contributed by atoms with E-state index < -0.39 is 5.97 Å². The summed E-state index contributed by atoms with van der Waals surface area (Å²) in [4.78, 5) is 22.9. The van der Waals surface area contributed by atoms with Gasteiger partial charge in [0.15, 0.2) is 5.70 Å². The Bertz CT molecular complexity index is 324. The number of nitrogens with zero attached hydrogens (tertiary/aromatic N) is 1. The van der Waals surface area contributed by atoms with Gasteiger partial charge >= 0.3 is 5.97 Å². The maximum absolute atomic E-state index is 11.0. The van der Waals surface area contributed by atoms with Gasteiger partial charge in [-0.3, -0.25) is 9.69 Å². The summed E-state index contributed by atoms with van der Waals surface area (Å²) in [6.45, 7) is 0. The number of carbonyl (C=O) groups excluding carboxylic acids is 1. The van der Waals surface area contributed by atoms with Crippen LogP contribution in [-0.2, 0) is 9.59 Å². The average molecular weight is 201 g/mol. The highest BCUT2D eigenvalue weighted by atomic mass is 32.2. The Morgan fingerprint density at radius 3 is 2.77 bits per heavy atom. The number of hydrogen-bond acceptors (Lipinski definition) is 4. The quantitative estimate of drug-likeness (QED) is 0.590. The number of fused-ring (bicyclic) bond motifs is 1. The number of carbonyl (C=O) groups is 2. The summed E-state index contributed by atoms with van der Waals surface area (Å²) >= 11 is 1.38. The van der Waals surface area contributed by atoms with Gasteiger partial charge in [0.1, 0.15) is 5.76 Å². The van der Waals surface area contributed by atoms with Crippen LogP contribution in [0.4, 0.5) is 0 Å². The van der Waals surface area contributed by atoms with Crippen molar-refractivity contribution in [3.05, 3.63) is 11.5 Å².